The van der Waals surface area contributed by atoms with Gasteiger partial charge in [0.05, 0.1) is 11.4 Å². The van der Waals surface area contributed by atoms with Crippen LogP contribution < -0.4 is 5.73 Å². The minimum atomic E-state index is 0.613. The Bertz CT molecular complexity index is 815. The molecule has 0 aliphatic carbocycles. The van der Waals surface area contributed by atoms with Gasteiger partial charge in [-0.25, -0.2) is 0 Å². The Hall–Kier alpha value is -2.11. The average molecular weight is 340 g/mol. The van der Waals surface area contributed by atoms with Crippen molar-refractivity contribution in [1.29, 1.82) is 0 Å². The minimum absolute atomic E-state index is 0.613. The molecule has 0 amide bonds. The second-order valence-corrected chi connectivity index (χ2v) is 7.23. The zero-order valence-electron chi connectivity index (χ0n) is 14.2. The highest BCUT2D eigenvalue weighted by Gasteiger charge is 2.06. The van der Waals surface area contributed by atoms with Crippen molar-refractivity contribution in [1.82, 2.24) is 9.88 Å². The topological polar surface area (TPSA) is 57.4 Å². The van der Waals surface area contributed by atoms with E-state index in [2.05, 4.69) is 53.4 Å². The normalized spacial score (nSPS) is 12.4. The summed E-state index contributed by atoms with van der Waals surface area (Å²) in [5.74, 6) is 0.616. The summed E-state index contributed by atoms with van der Waals surface area (Å²) in [7, 11) is 4.23. The molecule has 0 aliphatic heterocycles. The standard InChI is InChI=1S/C19H24N4S/c1-23(2)9-3-5-15-13-21-17-8-7-14(11-16(15)17)12-22-19(20)18-6-4-10-24-18/h4,6-8,10-11,13,21H,3,5,9,12H2,1-2H3,(H2,20,22). The molecular weight excluding hydrogens is 316 g/mol. The van der Waals surface area contributed by atoms with Crippen molar-refractivity contribution in [3.05, 3.63) is 57.9 Å². The first-order valence-electron chi connectivity index (χ1n) is 8.21. The maximum Gasteiger partial charge on any atom is 0.136 e. The summed E-state index contributed by atoms with van der Waals surface area (Å²) in [5, 5.41) is 3.32. The van der Waals surface area contributed by atoms with Crippen LogP contribution in [0.1, 0.15) is 22.4 Å². The number of amidine groups is 1. The summed E-state index contributed by atoms with van der Waals surface area (Å²) in [6.07, 6.45) is 4.38. The highest BCUT2D eigenvalue weighted by atomic mass is 32.1. The molecule has 24 heavy (non-hydrogen) atoms. The van der Waals surface area contributed by atoms with Crippen LogP contribution >= 0.6 is 11.3 Å². The number of aromatic amines is 1. The third-order valence-electron chi connectivity index (χ3n) is 4.09. The van der Waals surface area contributed by atoms with Gasteiger partial charge >= 0.3 is 0 Å². The van der Waals surface area contributed by atoms with E-state index in [4.69, 9.17) is 5.73 Å². The number of benzene rings is 1. The van der Waals surface area contributed by atoms with Crippen molar-refractivity contribution in [2.24, 2.45) is 10.7 Å². The number of hydrogen-bond acceptors (Lipinski definition) is 3. The van der Waals surface area contributed by atoms with Crippen molar-refractivity contribution in [2.45, 2.75) is 19.4 Å². The summed E-state index contributed by atoms with van der Waals surface area (Å²) >= 11 is 1.62. The molecule has 3 rings (SSSR count). The summed E-state index contributed by atoms with van der Waals surface area (Å²) in [6.45, 7) is 1.72. The van der Waals surface area contributed by atoms with Gasteiger partial charge in [-0.05, 0) is 68.2 Å². The molecule has 2 heterocycles. The first-order chi connectivity index (χ1) is 11.6. The van der Waals surface area contributed by atoms with Gasteiger partial charge in [-0.2, -0.15) is 0 Å². The molecule has 126 valence electrons. The van der Waals surface area contributed by atoms with Crippen LogP contribution in [0.3, 0.4) is 0 Å². The number of rotatable bonds is 7. The van der Waals surface area contributed by atoms with E-state index in [0.29, 0.717) is 12.4 Å². The molecule has 3 N–H and O–H groups in total. The summed E-state index contributed by atoms with van der Waals surface area (Å²) in [5.41, 5.74) is 9.81. The fourth-order valence-corrected chi connectivity index (χ4v) is 3.44. The van der Waals surface area contributed by atoms with Crippen LogP contribution in [0.5, 0.6) is 0 Å². The van der Waals surface area contributed by atoms with Crippen LogP contribution in [0.25, 0.3) is 10.9 Å². The van der Waals surface area contributed by atoms with Crippen LogP contribution in [0.15, 0.2) is 46.9 Å². The van der Waals surface area contributed by atoms with Gasteiger partial charge in [-0.1, -0.05) is 12.1 Å². The molecule has 0 atom stereocenters. The molecule has 0 saturated carbocycles. The molecule has 0 fully saturated rings. The van der Waals surface area contributed by atoms with E-state index >= 15 is 0 Å². The zero-order valence-corrected chi connectivity index (χ0v) is 15.1. The fraction of sp³-hybridized carbons (Fsp3) is 0.316. The Morgan fingerprint density at radius 1 is 1.29 bits per heavy atom. The Morgan fingerprint density at radius 3 is 2.92 bits per heavy atom. The van der Waals surface area contributed by atoms with E-state index in [9.17, 15) is 0 Å². The zero-order chi connectivity index (χ0) is 16.9. The Kier molecular flexibility index (Phi) is 5.33. The number of nitrogens with zero attached hydrogens (tertiary/aromatic N) is 2. The van der Waals surface area contributed by atoms with Crippen molar-refractivity contribution in [3.8, 4) is 0 Å². The van der Waals surface area contributed by atoms with E-state index in [1.807, 2.05) is 17.5 Å². The molecule has 0 radical (unpaired) electrons. The molecule has 2 aromatic heterocycles. The molecule has 0 saturated heterocycles. The number of aliphatic imine (C=N–C) groups is 1. The number of aryl methyl sites for hydroxylation is 1. The van der Waals surface area contributed by atoms with E-state index < -0.39 is 0 Å². The second-order valence-electron chi connectivity index (χ2n) is 6.28. The average Bonchev–Trinajstić information content (AvgIpc) is 3.22. The van der Waals surface area contributed by atoms with Crippen molar-refractivity contribution in [3.63, 3.8) is 0 Å². The highest BCUT2D eigenvalue weighted by Crippen LogP contribution is 2.22. The van der Waals surface area contributed by atoms with E-state index in [-0.39, 0.29) is 0 Å². The van der Waals surface area contributed by atoms with Gasteiger partial charge in [-0.3, -0.25) is 4.99 Å². The molecule has 1 aromatic carbocycles. The van der Waals surface area contributed by atoms with Gasteiger partial charge in [0.15, 0.2) is 0 Å². The number of thiophene rings is 1. The lowest BCUT2D eigenvalue weighted by molar-refractivity contribution is 0.400. The van der Waals surface area contributed by atoms with Gasteiger partial charge < -0.3 is 15.6 Å². The lowest BCUT2D eigenvalue weighted by atomic mass is 10.1. The van der Waals surface area contributed by atoms with Crippen LogP contribution in [0, 0.1) is 0 Å². The monoisotopic (exact) mass is 340 g/mol. The second kappa shape index (κ2) is 7.64. The number of hydrogen-bond donors (Lipinski definition) is 2. The van der Waals surface area contributed by atoms with E-state index in [1.165, 1.54) is 22.0 Å². The van der Waals surface area contributed by atoms with Crippen LogP contribution in [-0.2, 0) is 13.0 Å². The lowest BCUT2D eigenvalue weighted by Crippen LogP contribution is -2.13. The molecule has 0 aliphatic rings. The van der Waals surface area contributed by atoms with Crippen LogP contribution in [-0.4, -0.2) is 36.4 Å². The quantitative estimate of drug-likeness (QED) is 0.510. The smallest absolute Gasteiger partial charge is 0.136 e. The minimum Gasteiger partial charge on any atom is -0.383 e. The van der Waals surface area contributed by atoms with Crippen LogP contribution in [0.4, 0.5) is 0 Å². The summed E-state index contributed by atoms with van der Waals surface area (Å²) in [6, 6.07) is 10.5. The fourth-order valence-electron chi connectivity index (χ4n) is 2.80. The predicted octanol–water partition coefficient (Wildman–Crippen LogP) is 3.63. The molecular formula is C19H24N4S. The number of aromatic nitrogens is 1. The van der Waals surface area contributed by atoms with Gasteiger partial charge in [0.25, 0.3) is 0 Å². The molecule has 0 bridgehead atoms. The predicted molar refractivity (Wildman–Crippen MR) is 104 cm³/mol. The third kappa shape index (κ3) is 4.04. The number of H-pyrrole nitrogens is 1. The SMILES string of the molecule is CN(C)CCCc1c[nH]c2ccc(CN=C(N)c3cccs3)cc12. The Labute approximate surface area is 147 Å². The number of fused-ring (bicyclic) bond motifs is 1. The molecule has 4 nitrogen and oxygen atoms in total. The first-order valence-corrected chi connectivity index (χ1v) is 9.09. The Balaban J connectivity index is 1.74. The maximum absolute atomic E-state index is 6.05. The number of nitrogens with two attached hydrogens (primary N) is 1. The van der Waals surface area contributed by atoms with Gasteiger partial charge in [0, 0.05) is 17.1 Å². The summed E-state index contributed by atoms with van der Waals surface area (Å²) < 4.78 is 0. The molecule has 0 spiro atoms. The first kappa shape index (κ1) is 16.7. The van der Waals surface area contributed by atoms with Gasteiger partial charge in [-0.15, -0.1) is 11.3 Å². The van der Waals surface area contributed by atoms with Crippen molar-refractivity contribution in [2.75, 3.05) is 20.6 Å². The maximum atomic E-state index is 6.05. The molecule has 0 unspecified atom stereocenters. The van der Waals surface area contributed by atoms with Crippen molar-refractivity contribution >= 4 is 28.1 Å². The van der Waals surface area contributed by atoms with Crippen LogP contribution in [0.2, 0.25) is 0 Å². The molecule has 5 heteroatoms. The highest BCUT2D eigenvalue weighted by molar-refractivity contribution is 7.12. The van der Waals surface area contributed by atoms with Gasteiger partial charge in [0.2, 0.25) is 0 Å². The summed E-state index contributed by atoms with van der Waals surface area (Å²) in [4.78, 5) is 11.2. The lowest BCUT2D eigenvalue weighted by Gasteiger charge is -2.08. The van der Waals surface area contributed by atoms with Crippen molar-refractivity contribution < 1.29 is 0 Å². The van der Waals surface area contributed by atoms with Gasteiger partial charge in [0.1, 0.15) is 5.84 Å². The molecule has 3 aromatic rings. The Morgan fingerprint density at radius 2 is 2.17 bits per heavy atom. The van der Waals surface area contributed by atoms with E-state index in [1.54, 1.807) is 11.3 Å². The van der Waals surface area contributed by atoms with E-state index in [0.717, 1.165) is 24.3 Å². The largest absolute Gasteiger partial charge is 0.383 e. The third-order valence-corrected chi connectivity index (χ3v) is 4.98. The number of nitrogens with one attached hydrogen (secondary N) is 1.